The van der Waals surface area contributed by atoms with E-state index in [1.54, 1.807) is 27.0 Å². The van der Waals surface area contributed by atoms with E-state index in [9.17, 15) is 53.4 Å². The molecule has 0 unspecified atom stereocenters. The molecular weight excluding hydrogens is 897 g/mol. The summed E-state index contributed by atoms with van der Waals surface area (Å²) in [4.78, 5) is 125. The summed E-state index contributed by atoms with van der Waals surface area (Å²) in [5.74, 6) is -12.3. The SMILES string of the molecule is C=C1C(=O)N[C@H](C)C(=O)N[C@@H](CCCN=C(N)N)C(=O)N[C@@H](C(=O)O)[C@H](C)C(=O)N[C@@H](CC)C(=O)N[C@@H](/C=C/C(C)=C/[C@H](C)[C@H](Cc2ccccc2)OC)[C@H](C)C(=O)N[C@@H](C(=O)O)CCC(=O)N1C. The van der Waals surface area contributed by atoms with Crippen LogP contribution in [0.2, 0.25) is 0 Å². The predicted octanol–water partition coefficient (Wildman–Crippen LogP) is -0.0177. The van der Waals surface area contributed by atoms with Crippen LogP contribution in [0.25, 0.3) is 0 Å². The Labute approximate surface area is 402 Å². The zero-order valence-electron chi connectivity index (χ0n) is 40.6. The number of aliphatic imine (C=N–C) groups is 1. The number of likely N-dealkylation sites (N-methyl/N-ethyl adjacent to an activating group) is 1. The minimum atomic E-state index is -1.89. The van der Waals surface area contributed by atoms with Crippen LogP contribution in [0.1, 0.15) is 79.2 Å². The summed E-state index contributed by atoms with van der Waals surface area (Å²) in [7, 11) is 2.82. The molecular formula is C47H70N10O12. The first-order chi connectivity index (χ1) is 32.4. The second-order valence-electron chi connectivity index (χ2n) is 17.0. The van der Waals surface area contributed by atoms with E-state index in [2.05, 4.69) is 43.5 Å². The molecule has 2 rings (SSSR count). The lowest BCUT2D eigenvalue weighted by Crippen LogP contribution is -2.58. The van der Waals surface area contributed by atoms with Gasteiger partial charge >= 0.3 is 11.9 Å². The van der Waals surface area contributed by atoms with Crippen molar-refractivity contribution in [1.29, 1.82) is 0 Å². The number of nitrogens with two attached hydrogens (primary N) is 2. The monoisotopic (exact) mass is 967 g/mol. The molecule has 1 aliphatic heterocycles. The highest BCUT2D eigenvalue weighted by Gasteiger charge is 2.37. The van der Waals surface area contributed by atoms with E-state index >= 15 is 0 Å². The Hall–Kier alpha value is -7.10. The number of rotatable bonds is 14. The van der Waals surface area contributed by atoms with Crippen molar-refractivity contribution in [3.8, 4) is 0 Å². The van der Waals surface area contributed by atoms with Gasteiger partial charge in [0.05, 0.1) is 24.0 Å². The molecule has 7 amide bonds. The van der Waals surface area contributed by atoms with Crippen LogP contribution < -0.4 is 43.4 Å². The van der Waals surface area contributed by atoms with Crippen molar-refractivity contribution >= 4 is 59.2 Å². The lowest BCUT2D eigenvalue weighted by Gasteiger charge is -2.28. The van der Waals surface area contributed by atoms with Crippen molar-refractivity contribution in [2.45, 2.75) is 122 Å². The number of benzene rings is 1. The van der Waals surface area contributed by atoms with Gasteiger partial charge in [0.25, 0.3) is 5.91 Å². The Bertz CT molecular complexity index is 2110. The number of carbonyl (C=O) groups excluding carboxylic acids is 7. The van der Waals surface area contributed by atoms with Crippen LogP contribution in [0.5, 0.6) is 0 Å². The number of carboxylic acids is 2. The van der Waals surface area contributed by atoms with Gasteiger partial charge in [-0.25, -0.2) is 9.59 Å². The minimum Gasteiger partial charge on any atom is -0.480 e. The molecule has 0 aromatic heterocycles. The average molecular weight is 967 g/mol. The number of guanidine groups is 1. The quantitative estimate of drug-likeness (QED) is 0.0386. The Kier molecular flexibility index (Phi) is 23.8. The number of ether oxygens (including phenoxy) is 1. The maximum Gasteiger partial charge on any atom is 0.327 e. The third kappa shape index (κ3) is 18.8. The predicted molar refractivity (Wildman–Crippen MR) is 255 cm³/mol. The molecule has 1 aromatic carbocycles. The van der Waals surface area contributed by atoms with E-state index in [4.69, 9.17) is 16.2 Å². The maximum absolute atomic E-state index is 14.0. The molecule has 0 radical (unpaired) electrons. The average Bonchev–Trinajstić information content (AvgIpc) is 3.30. The molecule has 1 aliphatic rings. The van der Waals surface area contributed by atoms with Gasteiger partial charge in [0.2, 0.25) is 35.4 Å². The van der Waals surface area contributed by atoms with Crippen LogP contribution in [-0.2, 0) is 54.3 Å². The van der Waals surface area contributed by atoms with E-state index in [-0.39, 0.29) is 43.8 Å². The van der Waals surface area contributed by atoms with Gasteiger partial charge in [0.1, 0.15) is 35.9 Å². The van der Waals surface area contributed by atoms with Crippen molar-refractivity contribution in [2.75, 3.05) is 20.7 Å². The van der Waals surface area contributed by atoms with Crippen LogP contribution in [0.3, 0.4) is 0 Å². The largest absolute Gasteiger partial charge is 0.480 e. The number of hydrogen-bond donors (Lipinski definition) is 10. The number of carbonyl (C=O) groups is 9. The molecule has 0 aliphatic carbocycles. The Morgan fingerprint density at radius 2 is 1.48 bits per heavy atom. The number of methoxy groups -OCH3 is 1. The molecule has 1 aromatic rings. The highest BCUT2D eigenvalue weighted by Crippen LogP contribution is 2.19. The zero-order chi connectivity index (χ0) is 52.1. The number of aliphatic carboxylic acids is 2. The summed E-state index contributed by atoms with van der Waals surface area (Å²) >= 11 is 0. The van der Waals surface area contributed by atoms with Gasteiger partial charge in [-0.05, 0) is 51.5 Å². The first kappa shape index (κ1) is 58.0. The maximum atomic E-state index is 14.0. The van der Waals surface area contributed by atoms with Gasteiger partial charge in [0, 0.05) is 33.0 Å². The molecule has 69 heavy (non-hydrogen) atoms. The molecule has 12 N–H and O–H groups in total. The number of carboxylic acid groups (broad SMARTS) is 2. The van der Waals surface area contributed by atoms with Crippen molar-refractivity contribution in [3.05, 3.63) is 72.0 Å². The number of amides is 7. The Morgan fingerprint density at radius 1 is 0.870 bits per heavy atom. The minimum absolute atomic E-state index is 0.0163. The first-order valence-electron chi connectivity index (χ1n) is 22.6. The highest BCUT2D eigenvalue weighted by atomic mass is 16.5. The summed E-state index contributed by atoms with van der Waals surface area (Å²) in [5, 5.41) is 35.2. The number of nitrogens with zero attached hydrogens (tertiary/aromatic N) is 2. The summed E-state index contributed by atoms with van der Waals surface area (Å²) in [6, 6.07) is 1.05. The number of nitrogens with one attached hydrogen (secondary N) is 6. The normalized spacial score (nSPS) is 25.6. The molecule has 0 saturated carbocycles. The fraction of sp³-hybridized carbons (Fsp3) is 0.532. The van der Waals surface area contributed by atoms with Gasteiger partial charge in [-0.3, -0.25) is 38.6 Å². The molecule has 0 bridgehead atoms. The van der Waals surface area contributed by atoms with Crippen molar-refractivity contribution in [3.63, 3.8) is 0 Å². The standard InChI is InChI=1S/C47H70N10O12/c1-10-32-43(63)53-33(19-18-25(2)23-26(3)36(69-9)24-31-15-12-11-13-16-31)27(4)39(59)55-35(45(65)66)20-21-37(58)57(8)30(7)42(62)51-29(6)41(61)54-34(17-14-22-50-47(48)49)44(64)56-38(46(67)68)28(5)40(60)52-32/h11-13,15-16,18-19,23,26-29,32-36,38H,7,10,14,17,20-22,24H2,1-6,8-9H3,(H,51,62)(H,52,60)(H,53,63)(H,54,61)(H,55,59)(H,56,64)(H,65,66)(H,67,68)(H4,48,49,50)/b19-18+,25-23+/t26-,27-,28-,29+,32-,33-,34-,35+,36-,38+/m0/s1. The zero-order valence-corrected chi connectivity index (χ0v) is 40.6. The van der Waals surface area contributed by atoms with Crippen molar-refractivity contribution in [2.24, 2.45) is 34.2 Å². The van der Waals surface area contributed by atoms with Gasteiger partial charge < -0.3 is 63.2 Å². The first-order valence-corrected chi connectivity index (χ1v) is 22.6. The van der Waals surface area contributed by atoms with Gasteiger partial charge in [-0.1, -0.05) is 88.4 Å². The molecule has 10 atom stereocenters. The molecule has 1 heterocycles. The van der Waals surface area contributed by atoms with Gasteiger partial charge in [-0.2, -0.15) is 0 Å². The van der Waals surface area contributed by atoms with Crippen LogP contribution in [0.4, 0.5) is 0 Å². The topological polar surface area (TPSA) is 343 Å². The fourth-order valence-electron chi connectivity index (χ4n) is 7.11. The third-order valence-corrected chi connectivity index (χ3v) is 11.7. The molecule has 1 fully saturated rings. The Morgan fingerprint density at radius 3 is 2.06 bits per heavy atom. The van der Waals surface area contributed by atoms with Crippen LogP contribution >= 0.6 is 0 Å². The summed E-state index contributed by atoms with van der Waals surface area (Å²) in [6.07, 6.45) is 4.63. The smallest absolute Gasteiger partial charge is 0.327 e. The van der Waals surface area contributed by atoms with E-state index in [1.807, 2.05) is 43.3 Å². The summed E-state index contributed by atoms with van der Waals surface area (Å²) in [6.45, 7) is 12.9. The van der Waals surface area contributed by atoms with E-state index in [0.29, 0.717) is 6.42 Å². The number of hydrogen-bond acceptors (Lipinski definition) is 11. The van der Waals surface area contributed by atoms with Gasteiger partial charge in [-0.15, -0.1) is 0 Å². The number of allylic oxidation sites excluding steroid dienone is 2. The van der Waals surface area contributed by atoms with Crippen molar-refractivity contribution < 1.29 is 58.1 Å². The molecule has 22 heteroatoms. The fourth-order valence-corrected chi connectivity index (χ4v) is 7.11. The lowest BCUT2D eigenvalue weighted by atomic mass is 9.94. The molecule has 22 nitrogen and oxygen atoms in total. The second-order valence-corrected chi connectivity index (χ2v) is 17.0. The van der Waals surface area contributed by atoms with Crippen molar-refractivity contribution in [1.82, 2.24) is 36.8 Å². The molecule has 380 valence electrons. The lowest BCUT2D eigenvalue weighted by molar-refractivity contribution is -0.146. The van der Waals surface area contributed by atoms with Crippen LogP contribution in [0.15, 0.2) is 71.4 Å². The Balaban J connectivity index is 2.62. The summed E-state index contributed by atoms with van der Waals surface area (Å²) < 4.78 is 5.79. The van der Waals surface area contributed by atoms with Crippen LogP contribution in [-0.4, -0.2) is 137 Å². The van der Waals surface area contributed by atoms with Crippen LogP contribution in [0, 0.1) is 17.8 Å². The molecule has 0 spiro atoms. The van der Waals surface area contributed by atoms with E-state index in [0.717, 1.165) is 16.0 Å². The second kappa shape index (κ2) is 28.3. The van der Waals surface area contributed by atoms with Gasteiger partial charge in [0.15, 0.2) is 5.96 Å². The third-order valence-electron chi connectivity index (χ3n) is 11.7. The highest BCUT2D eigenvalue weighted by molar-refractivity contribution is 6.00. The van der Waals surface area contributed by atoms with E-state index in [1.165, 1.54) is 33.9 Å². The summed E-state index contributed by atoms with van der Waals surface area (Å²) in [5.41, 5.74) is 12.2. The van der Waals surface area contributed by atoms with E-state index < -0.39 is 120 Å². The molecule has 1 saturated heterocycles.